The smallest absolute Gasteiger partial charge is 0.378 e. The summed E-state index contributed by atoms with van der Waals surface area (Å²) in [5.41, 5.74) is 3.45. The first kappa shape index (κ1) is 21.2. The molecule has 1 amide bonds. The number of morpholine rings is 2. The van der Waals surface area contributed by atoms with Crippen molar-refractivity contribution in [1.82, 2.24) is 15.0 Å². The summed E-state index contributed by atoms with van der Waals surface area (Å²) in [5.74, 6) is -0.223. The number of carbonyl (C=O) groups is 1. The normalized spacial score (nSPS) is 17.6. The van der Waals surface area contributed by atoms with Crippen molar-refractivity contribution in [3.63, 3.8) is 0 Å². The fraction of sp³-hybridized carbons (Fsp3) is 0.474. The Morgan fingerprint density at radius 3 is 2.16 bits per heavy atom. The van der Waals surface area contributed by atoms with E-state index in [0.29, 0.717) is 70.4 Å². The highest BCUT2D eigenvalue weighted by molar-refractivity contribution is 5.91. The van der Waals surface area contributed by atoms with Crippen LogP contribution in [0.5, 0.6) is 0 Å². The molecule has 2 aliphatic heterocycles. The number of alkyl halides is 3. The van der Waals surface area contributed by atoms with Crippen molar-refractivity contribution in [1.29, 1.82) is 0 Å². The van der Waals surface area contributed by atoms with Crippen LogP contribution in [0.1, 0.15) is 16.1 Å². The molecule has 0 unspecified atom stereocenters. The van der Waals surface area contributed by atoms with Gasteiger partial charge in [-0.3, -0.25) is 9.78 Å². The van der Waals surface area contributed by atoms with E-state index in [-0.39, 0.29) is 11.3 Å². The number of rotatable bonds is 4. The molecule has 12 heteroatoms. The van der Waals surface area contributed by atoms with Gasteiger partial charge in [-0.25, -0.2) is 4.98 Å². The fourth-order valence-corrected chi connectivity index (χ4v) is 3.45. The Kier molecular flexibility index (Phi) is 5.92. The van der Waals surface area contributed by atoms with E-state index < -0.39 is 23.3 Å². The van der Waals surface area contributed by atoms with E-state index in [2.05, 4.69) is 15.0 Å². The van der Waals surface area contributed by atoms with Gasteiger partial charge in [-0.15, -0.1) is 0 Å². The van der Waals surface area contributed by atoms with Crippen LogP contribution in [-0.4, -0.2) is 73.5 Å². The van der Waals surface area contributed by atoms with E-state index >= 15 is 0 Å². The summed E-state index contributed by atoms with van der Waals surface area (Å²) in [6.07, 6.45) is -3.75. The van der Waals surface area contributed by atoms with Crippen molar-refractivity contribution in [2.75, 3.05) is 62.4 Å². The second kappa shape index (κ2) is 8.63. The maximum atomic E-state index is 13.8. The third-order valence-electron chi connectivity index (χ3n) is 5.07. The van der Waals surface area contributed by atoms with E-state index in [1.807, 2.05) is 9.80 Å². The van der Waals surface area contributed by atoms with Gasteiger partial charge in [0, 0.05) is 44.0 Å². The molecule has 2 aliphatic rings. The number of ether oxygens (including phenoxy) is 2. The van der Waals surface area contributed by atoms with Crippen LogP contribution < -0.4 is 15.5 Å². The maximum absolute atomic E-state index is 13.8. The molecule has 4 heterocycles. The second-order valence-electron chi connectivity index (χ2n) is 7.09. The molecule has 31 heavy (non-hydrogen) atoms. The van der Waals surface area contributed by atoms with Crippen molar-refractivity contribution in [2.45, 2.75) is 6.18 Å². The number of hydrogen-bond donors (Lipinski definition) is 1. The summed E-state index contributed by atoms with van der Waals surface area (Å²) in [4.78, 5) is 28.0. The zero-order valence-electron chi connectivity index (χ0n) is 16.6. The average molecular weight is 438 g/mol. The highest BCUT2D eigenvalue weighted by Crippen LogP contribution is 2.37. The van der Waals surface area contributed by atoms with E-state index in [1.165, 1.54) is 6.07 Å². The molecule has 2 saturated heterocycles. The predicted molar refractivity (Wildman–Crippen MR) is 105 cm³/mol. The number of anilines is 2. The SMILES string of the molecule is NC(=O)c1cc(C(F)(F)F)c(-c2cc(N3CCOCC3)nc(N3CCOCC3)n2)cn1. The van der Waals surface area contributed by atoms with Gasteiger partial charge in [0.05, 0.1) is 37.7 Å². The van der Waals surface area contributed by atoms with Gasteiger partial charge in [0.2, 0.25) is 5.95 Å². The number of primary amides is 1. The molecule has 0 bridgehead atoms. The van der Waals surface area contributed by atoms with Gasteiger partial charge < -0.3 is 25.0 Å². The number of aromatic nitrogens is 3. The number of carbonyl (C=O) groups excluding carboxylic acids is 1. The minimum atomic E-state index is -4.73. The van der Waals surface area contributed by atoms with Crippen molar-refractivity contribution < 1.29 is 27.4 Å². The quantitative estimate of drug-likeness (QED) is 0.762. The van der Waals surface area contributed by atoms with E-state index in [9.17, 15) is 18.0 Å². The summed E-state index contributed by atoms with van der Waals surface area (Å²) in [5, 5.41) is 0. The number of nitrogens with two attached hydrogens (primary N) is 1. The van der Waals surface area contributed by atoms with Crippen molar-refractivity contribution in [2.24, 2.45) is 5.73 Å². The van der Waals surface area contributed by atoms with Crippen LogP contribution in [0.4, 0.5) is 24.9 Å². The Labute approximate surface area is 176 Å². The summed E-state index contributed by atoms with van der Waals surface area (Å²) in [6, 6.07) is 2.16. The topological polar surface area (TPSA) is 107 Å². The number of pyridine rings is 1. The van der Waals surface area contributed by atoms with Gasteiger partial charge >= 0.3 is 6.18 Å². The number of halogens is 3. The van der Waals surface area contributed by atoms with Gasteiger partial charge in [-0.2, -0.15) is 18.2 Å². The van der Waals surface area contributed by atoms with Gasteiger partial charge in [-0.1, -0.05) is 0 Å². The molecule has 0 atom stereocenters. The third-order valence-corrected chi connectivity index (χ3v) is 5.07. The summed E-state index contributed by atoms with van der Waals surface area (Å²) in [7, 11) is 0. The fourth-order valence-electron chi connectivity index (χ4n) is 3.45. The third kappa shape index (κ3) is 4.69. The van der Waals surface area contributed by atoms with E-state index in [1.54, 1.807) is 0 Å². The molecule has 0 aromatic carbocycles. The first-order chi connectivity index (χ1) is 14.8. The lowest BCUT2D eigenvalue weighted by molar-refractivity contribution is -0.137. The minimum absolute atomic E-state index is 0.0637. The summed E-state index contributed by atoms with van der Waals surface area (Å²) in [6.45, 7) is 4.11. The molecule has 0 radical (unpaired) electrons. The standard InChI is InChI=1S/C19H21F3N6O3/c20-19(21,22)13-9-15(17(23)29)24-11-12(13)14-10-16(27-1-5-30-6-2-27)26-18(25-14)28-3-7-31-8-4-28/h9-11H,1-8H2,(H2,23,29). The first-order valence-electron chi connectivity index (χ1n) is 9.75. The van der Waals surface area contributed by atoms with Crippen LogP contribution in [0, 0.1) is 0 Å². The molecule has 2 fully saturated rings. The van der Waals surface area contributed by atoms with Gasteiger partial charge in [0.25, 0.3) is 5.91 Å². The molecular weight excluding hydrogens is 417 g/mol. The summed E-state index contributed by atoms with van der Waals surface area (Å²) >= 11 is 0. The predicted octanol–water partition coefficient (Wildman–Crippen LogP) is 1.33. The average Bonchev–Trinajstić information content (AvgIpc) is 2.79. The summed E-state index contributed by atoms with van der Waals surface area (Å²) < 4.78 is 52.2. The largest absolute Gasteiger partial charge is 0.417 e. The van der Waals surface area contributed by atoms with Crippen molar-refractivity contribution >= 4 is 17.7 Å². The number of hydrogen-bond acceptors (Lipinski definition) is 8. The lowest BCUT2D eigenvalue weighted by Crippen LogP contribution is -2.39. The molecule has 2 aromatic heterocycles. The lowest BCUT2D eigenvalue weighted by atomic mass is 10.0. The number of nitrogens with zero attached hydrogens (tertiary/aromatic N) is 5. The van der Waals surface area contributed by atoms with Crippen LogP contribution >= 0.6 is 0 Å². The maximum Gasteiger partial charge on any atom is 0.417 e. The van der Waals surface area contributed by atoms with Crippen LogP contribution in [0.3, 0.4) is 0 Å². The van der Waals surface area contributed by atoms with E-state index in [4.69, 9.17) is 15.2 Å². The van der Waals surface area contributed by atoms with Crippen molar-refractivity contribution in [3.05, 3.63) is 29.6 Å². The van der Waals surface area contributed by atoms with Crippen LogP contribution in [0.15, 0.2) is 18.3 Å². The lowest BCUT2D eigenvalue weighted by Gasteiger charge is -2.31. The van der Waals surface area contributed by atoms with Crippen molar-refractivity contribution in [3.8, 4) is 11.3 Å². The molecule has 0 saturated carbocycles. The Morgan fingerprint density at radius 2 is 1.58 bits per heavy atom. The number of amides is 1. The Morgan fingerprint density at radius 1 is 0.968 bits per heavy atom. The second-order valence-corrected chi connectivity index (χ2v) is 7.09. The van der Waals surface area contributed by atoms with Crippen LogP contribution in [0.25, 0.3) is 11.3 Å². The van der Waals surface area contributed by atoms with Gasteiger partial charge in [0.15, 0.2) is 0 Å². The zero-order valence-corrected chi connectivity index (χ0v) is 16.6. The molecule has 166 valence electrons. The van der Waals surface area contributed by atoms with Gasteiger partial charge in [-0.05, 0) is 6.07 Å². The van der Waals surface area contributed by atoms with Gasteiger partial charge in [0.1, 0.15) is 11.5 Å². The van der Waals surface area contributed by atoms with Crippen LogP contribution in [-0.2, 0) is 15.7 Å². The Bertz CT molecular complexity index is 923. The van der Waals surface area contributed by atoms with E-state index in [0.717, 1.165) is 6.20 Å². The minimum Gasteiger partial charge on any atom is -0.378 e. The first-order valence-corrected chi connectivity index (χ1v) is 9.75. The highest BCUT2D eigenvalue weighted by Gasteiger charge is 2.36. The Balaban J connectivity index is 1.84. The molecule has 0 spiro atoms. The van der Waals surface area contributed by atoms with Crippen LogP contribution in [0.2, 0.25) is 0 Å². The molecule has 2 N–H and O–H groups in total. The highest BCUT2D eigenvalue weighted by atomic mass is 19.4. The zero-order chi connectivity index (χ0) is 22.0. The molecular formula is C19H21F3N6O3. The molecule has 9 nitrogen and oxygen atoms in total. The molecule has 4 rings (SSSR count). The molecule has 2 aromatic rings. The Hall–Kier alpha value is -2.99. The molecule has 0 aliphatic carbocycles. The monoisotopic (exact) mass is 438 g/mol.